The second-order valence-electron chi connectivity index (χ2n) is 10.2. The van der Waals surface area contributed by atoms with Crippen molar-refractivity contribution in [1.82, 2.24) is 4.98 Å². The zero-order chi connectivity index (χ0) is 24.5. The molecule has 2 N–H and O–H groups in total. The van der Waals surface area contributed by atoms with E-state index in [-0.39, 0.29) is 30.3 Å². The standard InChI is InChI=1S/C25H37NO6S/c1-13-7-8-18-20(31-18)10-19(14(2)9-17-12-33-16(4)26-17)32-22(28)11-21(27)25(5,6)24(30)15(3)23(13)29/h9,12-13,15,18-21,23,27,29H,7-8,10-11H2,1-6H3/b14-9+/t13-,15+,18+,19+,20-,21-,23+/m0/s1. The van der Waals surface area contributed by atoms with Crippen molar-refractivity contribution >= 4 is 29.2 Å². The molecule has 0 amide bonds. The number of hydrogen-bond acceptors (Lipinski definition) is 8. The number of esters is 1. The van der Waals surface area contributed by atoms with Crippen molar-refractivity contribution in [2.24, 2.45) is 17.3 Å². The van der Waals surface area contributed by atoms with Gasteiger partial charge in [0.15, 0.2) is 0 Å². The number of hydrogen-bond donors (Lipinski definition) is 2. The smallest absolute Gasteiger partial charge is 0.309 e. The number of cyclic esters (lactones) is 1. The number of epoxide rings is 1. The van der Waals surface area contributed by atoms with Crippen LogP contribution in [0, 0.1) is 24.2 Å². The number of aliphatic hydroxyl groups excluding tert-OH is 2. The van der Waals surface area contributed by atoms with Crippen LogP contribution in [0.2, 0.25) is 0 Å². The fourth-order valence-corrected chi connectivity index (χ4v) is 5.14. The summed E-state index contributed by atoms with van der Waals surface area (Å²) in [5.41, 5.74) is 0.483. The minimum atomic E-state index is -1.22. The van der Waals surface area contributed by atoms with Crippen molar-refractivity contribution in [2.75, 3.05) is 0 Å². The molecule has 3 heterocycles. The van der Waals surface area contributed by atoms with Crippen LogP contribution in [0.5, 0.6) is 0 Å². The highest BCUT2D eigenvalue weighted by molar-refractivity contribution is 7.09. The first-order chi connectivity index (χ1) is 15.4. The molecular formula is C25H37NO6S. The number of thiazole rings is 1. The number of carbonyl (C=O) groups excluding carboxylic acids is 2. The lowest BCUT2D eigenvalue weighted by Gasteiger charge is -2.34. The second-order valence-corrected chi connectivity index (χ2v) is 11.3. The van der Waals surface area contributed by atoms with Crippen LogP contribution in [-0.4, -0.2) is 57.5 Å². The fraction of sp³-hybridized carbons (Fsp3) is 0.720. The van der Waals surface area contributed by atoms with Gasteiger partial charge in [-0.15, -0.1) is 11.3 Å². The number of Topliss-reactive ketones (excluding diaryl/α,β-unsaturated/α-hetero) is 1. The van der Waals surface area contributed by atoms with Crippen molar-refractivity contribution < 1.29 is 29.3 Å². The van der Waals surface area contributed by atoms with E-state index in [0.717, 1.165) is 29.1 Å². The van der Waals surface area contributed by atoms with Gasteiger partial charge >= 0.3 is 5.97 Å². The van der Waals surface area contributed by atoms with Crippen LogP contribution in [0.4, 0.5) is 0 Å². The Morgan fingerprint density at radius 2 is 1.91 bits per heavy atom. The minimum Gasteiger partial charge on any atom is -0.458 e. The number of ether oxygens (including phenoxy) is 2. The minimum absolute atomic E-state index is 0.0294. The SMILES string of the molecule is C/C(=C\c1csc(C)n1)[C@H]1C[C@@H]2O[C@@H]2CC[C@H](C)[C@@H](O)[C@@H](C)C(=O)C(C)(C)[C@@H](O)CC(=O)O1. The van der Waals surface area contributed by atoms with Gasteiger partial charge in [0, 0.05) is 17.7 Å². The van der Waals surface area contributed by atoms with Gasteiger partial charge in [0.25, 0.3) is 0 Å². The average Bonchev–Trinajstić information content (AvgIpc) is 3.37. The van der Waals surface area contributed by atoms with Gasteiger partial charge in [-0.1, -0.05) is 27.7 Å². The van der Waals surface area contributed by atoms with Crippen LogP contribution < -0.4 is 0 Å². The predicted molar refractivity (Wildman–Crippen MR) is 127 cm³/mol. The van der Waals surface area contributed by atoms with Crippen molar-refractivity contribution in [3.05, 3.63) is 21.7 Å². The highest BCUT2D eigenvalue weighted by Crippen LogP contribution is 2.37. The molecule has 8 heteroatoms. The molecule has 3 rings (SSSR count). The Kier molecular flexibility index (Phi) is 8.15. The third-order valence-corrected chi connectivity index (χ3v) is 7.96. The molecule has 0 bridgehead atoms. The molecule has 33 heavy (non-hydrogen) atoms. The van der Waals surface area contributed by atoms with Crippen molar-refractivity contribution in [2.45, 2.75) is 97.7 Å². The number of carbonyl (C=O) groups is 2. The van der Waals surface area contributed by atoms with Gasteiger partial charge < -0.3 is 19.7 Å². The van der Waals surface area contributed by atoms with Gasteiger partial charge in [-0.25, -0.2) is 4.98 Å². The number of aryl methyl sites for hydroxylation is 1. The molecule has 2 aliphatic heterocycles. The van der Waals surface area contributed by atoms with Gasteiger partial charge in [-0.05, 0) is 44.3 Å². The Morgan fingerprint density at radius 1 is 1.21 bits per heavy atom. The third-order valence-electron chi connectivity index (χ3n) is 7.17. The highest BCUT2D eigenvalue weighted by atomic mass is 32.1. The van der Waals surface area contributed by atoms with Crippen LogP contribution in [0.25, 0.3) is 6.08 Å². The van der Waals surface area contributed by atoms with Gasteiger partial charge in [0.1, 0.15) is 11.9 Å². The number of fused-ring (bicyclic) bond motifs is 1. The van der Waals surface area contributed by atoms with Crippen LogP contribution in [0.15, 0.2) is 11.0 Å². The summed E-state index contributed by atoms with van der Waals surface area (Å²) in [7, 11) is 0. The summed E-state index contributed by atoms with van der Waals surface area (Å²) in [5.74, 6) is -1.57. The summed E-state index contributed by atoms with van der Waals surface area (Å²) in [6, 6.07) is 0. The second kappa shape index (κ2) is 10.3. The number of rotatable bonds is 2. The Bertz CT molecular complexity index is 893. The molecule has 0 aromatic carbocycles. The van der Waals surface area contributed by atoms with Crippen molar-refractivity contribution in [3.63, 3.8) is 0 Å². The maximum Gasteiger partial charge on any atom is 0.309 e. The van der Waals surface area contributed by atoms with E-state index in [9.17, 15) is 19.8 Å². The maximum absolute atomic E-state index is 13.1. The number of aliphatic hydroxyl groups is 2. The monoisotopic (exact) mass is 479 g/mol. The molecule has 2 saturated heterocycles. The Balaban J connectivity index is 1.84. The van der Waals surface area contributed by atoms with E-state index in [2.05, 4.69) is 4.98 Å². The summed E-state index contributed by atoms with van der Waals surface area (Å²) < 4.78 is 11.6. The zero-order valence-corrected chi connectivity index (χ0v) is 21.2. The zero-order valence-electron chi connectivity index (χ0n) is 20.4. The Hall–Kier alpha value is -1.61. The summed E-state index contributed by atoms with van der Waals surface area (Å²) in [4.78, 5) is 30.4. The molecule has 0 unspecified atom stereocenters. The summed E-state index contributed by atoms with van der Waals surface area (Å²) in [5, 5.41) is 24.5. The van der Waals surface area contributed by atoms with E-state index < -0.39 is 35.6 Å². The lowest BCUT2D eigenvalue weighted by atomic mass is 9.73. The number of aromatic nitrogens is 1. The van der Waals surface area contributed by atoms with E-state index in [1.807, 2.05) is 32.2 Å². The normalized spacial score (nSPS) is 36.4. The van der Waals surface area contributed by atoms with Gasteiger partial charge in [0.2, 0.25) is 0 Å². The van der Waals surface area contributed by atoms with E-state index in [0.29, 0.717) is 6.42 Å². The maximum atomic E-state index is 13.1. The van der Waals surface area contributed by atoms with Crippen LogP contribution in [0.1, 0.15) is 71.0 Å². The Morgan fingerprint density at radius 3 is 2.55 bits per heavy atom. The molecule has 0 aliphatic carbocycles. The highest BCUT2D eigenvalue weighted by Gasteiger charge is 2.45. The van der Waals surface area contributed by atoms with E-state index in [1.54, 1.807) is 32.1 Å². The lowest BCUT2D eigenvalue weighted by Crippen LogP contribution is -2.45. The third kappa shape index (κ3) is 6.29. The first-order valence-electron chi connectivity index (χ1n) is 11.8. The largest absolute Gasteiger partial charge is 0.458 e. The quantitative estimate of drug-likeness (QED) is 0.492. The first kappa shape index (κ1) is 26.0. The summed E-state index contributed by atoms with van der Waals surface area (Å²) >= 11 is 1.55. The van der Waals surface area contributed by atoms with E-state index in [1.165, 1.54) is 0 Å². The van der Waals surface area contributed by atoms with Gasteiger partial charge in [-0.2, -0.15) is 0 Å². The van der Waals surface area contributed by atoms with Crippen LogP contribution >= 0.6 is 11.3 Å². The lowest BCUT2D eigenvalue weighted by molar-refractivity contribution is -0.154. The number of ketones is 1. The van der Waals surface area contributed by atoms with Crippen molar-refractivity contribution in [3.8, 4) is 0 Å². The molecular weight excluding hydrogens is 442 g/mol. The van der Waals surface area contributed by atoms with E-state index in [4.69, 9.17) is 9.47 Å². The molecule has 1 aromatic heterocycles. The van der Waals surface area contributed by atoms with Crippen molar-refractivity contribution in [1.29, 1.82) is 0 Å². The summed E-state index contributed by atoms with van der Waals surface area (Å²) in [6.07, 6.45) is 1.10. The first-order valence-corrected chi connectivity index (χ1v) is 12.6. The molecule has 0 radical (unpaired) electrons. The Labute approximate surface area is 200 Å². The summed E-state index contributed by atoms with van der Waals surface area (Å²) in [6.45, 7) is 10.7. The van der Waals surface area contributed by atoms with Gasteiger partial charge in [-0.3, -0.25) is 9.59 Å². The molecule has 1 aromatic rings. The van der Waals surface area contributed by atoms with Crippen LogP contribution in [-0.2, 0) is 19.1 Å². The van der Waals surface area contributed by atoms with Crippen LogP contribution in [0.3, 0.4) is 0 Å². The van der Waals surface area contributed by atoms with E-state index >= 15 is 0 Å². The molecule has 0 saturated carbocycles. The molecule has 184 valence electrons. The molecule has 7 atom stereocenters. The molecule has 0 spiro atoms. The molecule has 2 aliphatic rings. The van der Waals surface area contributed by atoms with Gasteiger partial charge in [0.05, 0.1) is 47.0 Å². The fourth-order valence-electron chi connectivity index (χ4n) is 4.57. The topological polar surface area (TPSA) is 109 Å². The number of nitrogens with zero attached hydrogens (tertiary/aromatic N) is 1. The predicted octanol–water partition coefficient (Wildman–Crippen LogP) is 3.70. The average molecular weight is 480 g/mol. The molecule has 2 fully saturated rings. The molecule has 7 nitrogen and oxygen atoms in total.